The minimum absolute atomic E-state index is 0.0320. The van der Waals surface area contributed by atoms with Crippen LogP contribution >= 0.6 is 0 Å². The normalized spacial score (nSPS) is 14.4. The maximum absolute atomic E-state index is 12.8. The minimum atomic E-state index is -0.102. The molecule has 1 fully saturated rings. The number of aromatic nitrogens is 2. The molecule has 148 valence electrons. The van der Waals surface area contributed by atoms with E-state index in [0.29, 0.717) is 43.2 Å². The highest BCUT2D eigenvalue weighted by Crippen LogP contribution is 2.27. The number of hydrogen-bond donors (Lipinski definition) is 0. The van der Waals surface area contributed by atoms with Crippen molar-refractivity contribution in [2.45, 2.75) is 12.8 Å². The summed E-state index contributed by atoms with van der Waals surface area (Å²) in [6, 6.07) is 5.48. The molecule has 0 unspecified atom stereocenters. The highest BCUT2D eigenvalue weighted by molar-refractivity contribution is 5.93. The zero-order valence-electron chi connectivity index (χ0n) is 16.1. The Labute approximate surface area is 164 Å². The molecule has 2 amide bonds. The van der Waals surface area contributed by atoms with E-state index in [-0.39, 0.29) is 18.2 Å². The first kappa shape index (κ1) is 19.6. The van der Waals surface area contributed by atoms with Crippen LogP contribution in [0.5, 0.6) is 11.5 Å². The number of carbonyl (C=O) groups is 2. The molecule has 2 aromatic rings. The summed E-state index contributed by atoms with van der Waals surface area (Å²) in [4.78, 5) is 36.7. The average molecular weight is 384 g/mol. The van der Waals surface area contributed by atoms with Gasteiger partial charge in [-0.1, -0.05) is 6.07 Å². The Bertz CT molecular complexity index is 828. The van der Waals surface area contributed by atoms with Crippen molar-refractivity contribution in [1.82, 2.24) is 19.8 Å². The molecular formula is C20H24N4O4. The molecule has 28 heavy (non-hydrogen) atoms. The number of carbonyl (C=O) groups excluding carboxylic acids is 2. The van der Waals surface area contributed by atoms with E-state index in [9.17, 15) is 9.59 Å². The van der Waals surface area contributed by atoms with Gasteiger partial charge in [-0.2, -0.15) is 0 Å². The molecule has 1 aliphatic heterocycles. The summed E-state index contributed by atoms with van der Waals surface area (Å²) in [5.41, 5.74) is 1.33. The van der Waals surface area contributed by atoms with Gasteiger partial charge in [0.15, 0.2) is 11.5 Å². The molecule has 1 aliphatic rings. The topological polar surface area (TPSA) is 84.9 Å². The van der Waals surface area contributed by atoms with Gasteiger partial charge in [0, 0.05) is 38.6 Å². The molecule has 0 aliphatic carbocycles. The Morgan fingerprint density at radius 2 is 1.64 bits per heavy atom. The van der Waals surface area contributed by atoms with Crippen molar-refractivity contribution in [2.24, 2.45) is 0 Å². The van der Waals surface area contributed by atoms with Gasteiger partial charge in [0.2, 0.25) is 5.91 Å². The van der Waals surface area contributed by atoms with Crippen molar-refractivity contribution < 1.29 is 19.1 Å². The summed E-state index contributed by atoms with van der Waals surface area (Å²) in [5.74, 6) is 1.16. The monoisotopic (exact) mass is 384 g/mol. The molecule has 8 heteroatoms. The molecule has 1 aromatic heterocycles. The number of benzene rings is 1. The van der Waals surface area contributed by atoms with Crippen LogP contribution in [0.1, 0.15) is 22.3 Å². The molecule has 0 bridgehead atoms. The summed E-state index contributed by atoms with van der Waals surface area (Å²) in [6.07, 6.45) is 5.44. The molecule has 0 saturated carbocycles. The molecule has 0 spiro atoms. The van der Waals surface area contributed by atoms with Crippen LogP contribution in [-0.4, -0.2) is 72.0 Å². The van der Waals surface area contributed by atoms with E-state index < -0.39 is 0 Å². The molecule has 0 N–H and O–H groups in total. The third-order valence-electron chi connectivity index (χ3n) is 4.75. The quantitative estimate of drug-likeness (QED) is 0.775. The third-order valence-corrected chi connectivity index (χ3v) is 4.75. The Morgan fingerprint density at radius 1 is 0.964 bits per heavy atom. The molecule has 1 aromatic carbocycles. The molecule has 8 nitrogen and oxygen atoms in total. The first-order valence-electron chi connectivity index (χ1n) is 9.15. The maximum Gasteiger partial charge on any atom is 0.257 e. The van der Waals surface area contributed by atoms with E-state index in [1.54, 1.807) is 25.2 Å². The highest BCUT2D eigenvalue weighted by Gasteiger charge is 2.23. The lowest BCUT2D eigenvalue weighted by molar-refractivity contribution is -0.130. The second-order valence-electron chi connectivity index (χ2n) is 6.52. The third kappa shape index (κ3) is 4.57. The van der Waals surface area contributed by atoms with Crippen LogP contribution in [0.25, 0.3) is 0 Å². The zero-order valence-corrected chi connectivity index (χ0v) is 16.1. The maximum atomic E-state index is 12.8. The van der Waals surface area contributed by atoms with Crippen molar-refractivity contribution in [3.8, 4) is 11.5 Å². The first-order valence-corrected chi connectivity index (χ1v) is 9.15. The Hall–Kier alpha value is -3.16. The summed E-state index contributed by atoms with van der Waals surface area (Å²) in [6.45, 7) is 2.23. The van der Waals surface area contributed by atoms with Crippen molar-refractivity contribution >= 4 is 11.8 Å². The zero-order chi connectivity index (χ0) is 19.9. The largest absolute Gasteiger partial charge is 0.493 e. The Morgan fingerprint density at radius 3 is 2.36 bits per heavy atom. The molecule has 0 atom stereocenters. The molecular weight excluding hydrogens is 360 g/mol. The Kier molecular flexibility index (Phi) is 6.41. The van der Waals surface area contributed by atoms with Crippen molar-refractivity contribution in [2.75, 3.05) is 40.4 Å². The number of methoxy groups -OCH3 is 2. The van der Waals surface area contributed by atoms with Crippen LogP contribution in [0.2, 0.25) is 0 Å². The fourth-order valence-corrected chi connectivity index (χ4v) is 3.24. The van der Waals surface area contributed by atoms with Gasteiger partial charge in [-0.3, -0.25) is 9.59 Å². The number of hydrogen-bond acceptors (Lipinski definition) is 6. The van der Waals surface area contributed by atoms with E-state index in [4.69, 9.17) is 9.47 Å². The molecule has 3 rings (SSSR count). The van der Waals surface area contributed by atoms with E-state index >= 15 is 0 Å². The fraction of sp³-hybridized carbons (Fsp3) is 0.400. The summed E-state index contributed by atoms with van der Waals surface area (Å²) in [7, 11) is 3.15. The van der Waals surface area contributed by atoms with E-state index in [1.165, 1.54) is 18.7 Å². The summed E-state index contributed by atoms with van der Waals surface area (Å²) >= 11 is 0. The lowest BCUT2D eigenvalue weighted by Crippen LogP contribution is -2.38. The van der Waals surface area contributed by atoms with Gasteiger partial charge >= 0.3 is 0 Å². The standard InChI is InChI=1S/C20H24N4O4/c1-27-17-5-4-15(10-18(17)28-2)11-19(25)23-6-3-7-24(9-8-23)20(26)16-12-21-14-22-13-16/h4-5,10,12-14H,3,6-9,11H2,1-2H3. The van der Waals surface area contributed by atoms with Gasteiger partial charge in [0.05, 0.1) is 26.2 Å². The van der Waals surface area contributed by atoms with Crippen LogP contribution in [0.3, 0.4) is 0 Å². The second-order valence-corrected chi connectivity index (χ2v) is 6.52. The van der Waals surface area contributed by atoms with Gasteiger partial charge in [0.25, 0.3) is 5.91 Å². The summed E-state index contributed by atoms with van der Waals surface area (Å²) in [5, 5.41) is 0. The van der Waals surface area contributed by atoms with Gasteiger partial charge in [-0.05, 0) is 24.1 Å². The molecule has 1 saturated heterocycles. The van der Waals surface area contributed by atoms with E-state index in [2.05, 4.69) is 9.97 Å². The number of rotatable bonds is 5. The number of ether oxygens (including phenoxy) is 2. The Balaban J connectivity index is 1.61. The summed E-state index contributed by atoms with van der Waals surface area (Å²) < 4.78 is 10.5. The number of amides is 2. The molecule has 0 radical (unpaired) electrons. The molecule has 2 heterocycles. The predicted octanol–water partition coefficient (Wildman–Crippen LogP) is 1.41. The van der Waals surface area contributed by atoms with Gasteiger partial charge in [-0.25, -0.2) is 9.97 Å². The predicted molar refractivity (Wildman–Crippen MR) is 102 cm³/mol. The van der Waals surface area contributed by atoms with Gasteiger partial charge in [-0.15, -0.1) is 0 Å². The van der Waals surface area contributed by atoms with Crippen LogP contribution in [0.15, 0.2) is 36.9 Å². The second kappa shape index (κ2) is 9.16. The van der Waals surface area contributed by atoms with E-state index in [1.807, 2.05) is 17.0 Å². The van der Waals surface area contributed by atoms with E-state index in [0.717, 1.165) is 12.0 Å². The average Bonchev–Trinajstić information content (AvgIpc) is 3.00. The first-order chi connectivity index (χ1) is 13.6. The van der Waals surface area contributed by atoms with Crippen LogP contribution in [0, 0.1) is 0 Å². The van der Waals surface area contributed by atoms with Crippen LogP contribution in [-0.2, 0) is 11.2 Å². The van der Waals surface area contributed by atoms with Crippen molar-refractivity contribution in [1.29, 1.82) is 0 Å². The highest BCUT2D eigenvalue weighted by atomic mass is 16.5. The fourth-order valence-electron chi connectivity index (χ4n) is 3.24. The van der Waals surface area contributed by atoms with Gasteiger partial charge in [0.1, 0.15) is 6.33 Å². The van der Waals surface area contributed by atoms with Crippen molar-refractivity contribution in [3.05, 3.63) is 48.0 Å². The lowest BCUT2D eigenvalue weighted by Gasteiger charge is -2.22. The van der Waals surface area contributed by atoms with Crippen LogP contribution < -0.4 is 9.47 Å². The lowest BCUT2D eigenvalue weighted by atomic mass is 10.1. The van der Waals surface area contributed by atoms with Crippen molar-refractivity contribution in [3.63, 3.8) is 0 Å². The minimum Gasteiger partial charge on any atom is -0.493 e. The SMILES string of the molecule is COc1ccc(CC(=O)N2CCCN(C(=O)c3cncnc3)CC2)cc1OC. The number of nitrogens with zero attached hydrogens (tertiary/aromatic N) is 4. The smallest absolute Gasteiger partial charge is 0.257 e. The van der Waals surface area contributed by atoms with Crippen LogP contribution in [0.4, 0.5) is 0 Å². The van der Waals surface area contributed by atoms with Gasteiger partial charge < -0.3 is 19.3 Å².